The predicted molar refractivity (Wildman–Crippen MR) is 153 cm³/mol. The van der Waals surface area contributed by atoms with Gasteiger partial charge >= 0.3 is 5.97 Å². The van der Waals surface area contributed by atoms with Gasteiger partial charge in [0.1, 0.15) is 0 Å². The lowest BCUT2D eigenvalue weighted by molar-refractivity contribution is -0.122. The first-order valence-electron chi connectivity index (χ1n) is 13.3. The third kappa shape index (κ3) is 3.96. The first kappa shape index (κ1) is 25.2. The van der Waals surface area contributed by atoms with Gasteiger partial charge in [0.05, 0.1) is 23.1 Å². The molecule has 0 radical (unpaired) electrons. The summed E-state index contributed by atoms with van der Waals surface area (Å²) in [4.78, 5) is 55.0. The third-order valence-corrected chi connectivity index (χ3v) is 8.49. The lowest BCUT2D eigenvalue weighted by atomic mass is 9.55. The number of para-hydroxylation sites is 1. The summed E-state index contributed by atoms with van der Waals surface area (Å²) in [7, 11) is 0. The largest absolute Gasteiger partial charge is 0.452 e. The number of amides is 3. The van der Waals surface area contributed by atoms with Crippen LogP contribution in [0.2, 0.25) is 5.02 Å². The number of imide groups is 1. The maximum absolute atomic E-state index is 14.1. The second-order valence-corrected chi connectivity index (χ2v) is 10.9. The minimum Gasteiger partial charge on any atom is -0.452 e. The van der Waals surface area contributed by atoms with E-state index < -0.39 is 30.3 Å². The normalized spacial score (nSPS) is 21.6. The van der Waals surface area contributed by atoms with Crippen LogP contribution in [0.15, 0.2) is 97.1 Å². The van der Waals surface area contributed by atoms with Crippen molar-refractivity contribution in [1.82, 2.24) is 0 Å². The molecule has 1 aliphatic heterocycles. The van der Waals surface area contributed by atoms with E-state index in [4.69, 9.17) is 16.3 Å². The van der Waals surface area contributed by atoms with Crippen molar-refractivity contribution in [2.45, 2.75) is 11.8 Å². The molecule has 1 fully saturated rings. The van der Waals surface area contributed by atoms with Gasteiger partial charge in [0.2, 0.25) is 11.8 Å². The van der Waals surface area contributed by atoms with E-state index in [0.717, 1.165) is 27.2 Å². The fraction of sp³-hybridized carbons (Fsp3) is 0.152. The van der Waals surface area contributed by atoms with E-state index in [1.165, 1.54) is 6.07 Å². The van der Waals surface area contributed by atoms with Crippen molar-refractivity contribution in [3.05, 3.63) is 130 Å². The van der Waals surface area contributed by atoms with Gasteiger partial charge in [-0.2, -0.15) is 0 Å². The fourth-order valence-corrected chi connectivity index (χ4v) is 6.92. The van der Waals surface area contributed by atoms with Gasteiger partial charge in [-0.25, -0.2) is 9.69 Å². The van der Waals surface area contributed by atoms with E-state index in [0.29, 0.717) is 10.7 Å². The Labute approximate surface area is 240 Å². The average molecular weight is 563 g/mol. The number of carbonyl (C=O) groups excluding carboxylic acids is 4. The number of benzene rings is 4. The fourth-order valence-electron chi connectivity index (χ4n) is 6.73. The highest BCUT2D eigenvalue weighted by atomic mass is 35.5. The van der Waals surface area contributed by atoms with Crippen LogP contribution in [0.5, 0.6) is 0 Å². The van der Waals surface area contributed by atoms with Gasteiger partial charge in [-0.05, 0) is 52.6 Å². The number of halogens is 1. The number of hydrogen-bond donors (Lipinski definition) is 1. The number of esters is 1. The van der Waals surface area contributed by atoms with Crippen molar-refractivity contribution in [3.8, 4) is 0 Å². The zero-order chi connectivity index (χ0) is 28.2. The summed E-state index contributed by atoms with van der Waals surface area (Å²) >= 11 is 5.96. The molecular formula is C33H23ClN2O5. The molecule has 0 spiro atoms. The van der Waals surface area contributed by atoms with Gasteiger partial charge in [0.25, 0.3) is 5.91 Å². The third-order valence-electron chi connectivity index (χ3n) is 8.26. The van der Waals surface area contributed by atoms with Crippen LogP contribution in [0.25, 0.3) is 0 Å². The zero-order valence-electron chi connectivity index (χ0n) is 21.6. The lowest BCUT2D eigenvalue weighted by Crippen LogP contribution is -2.41. The number of rotatable bonds is 5. The number of anilines is 2. The van der Waals surface area contributed by atoms with Crippen molar-refractivity contribution in [1.29, 1.82) is 0 Å². The molecule has 1 saturated heterocycles. The molecule has 0 saturated carbocycles. The van der Waals surface area contributed by atoms with Crippen molar-refractivity contribution < 1.29 is 23.9 Å². The summed E-state index contributed by atoms with van der Waals surface area (Å²) in [5, 5.41) is 3.07. The molecule has 0 unspecified atom stereocenters. The molecule has 8 heteroatoms. The molecule has 202 valence electrons. The molecule has 1 N–H and O–H groups in total. The van der Waals surface area contributed by atoms with Gasteiger partial charge in [-0.15, -0.1) is 0 Å². The summed E-state index contributed by atoms with van der Waals surface area (Å²) in [6, 6.07) is 29.0. The Bertz CT molecular complexity index is 1650. The van der Waals surface area contributed by atoms with Gasteiger partial charge in [-0.3, -0.25) is 14.4 Å². The van der Waals surface area contributed by atoms with E-state index in [1.807, 2.05) is 48.5 Å². The highest BCUT2D eigenvalue weighted by Gasteiger charge is 2.62. The number of ether oxygens (including phenoxy) is 1. The minimum absolute atomic E-state index is 0.0331. The molecular weight excluding hydrogens is 540 g/mol. The predicted octanol–water partition coefficient (Wildman–Crippen LogP) is 5.53. The second-order valence-electron chi connectivity index (χ2n) is 10.4. The SMILES string of the molecule is O=C(COC(=O)c1ccccc1N1C(=O)[C@@H]2C3c4ccccc4C(c4ccccc43)[C@@H]2C1=O)Nc1cccc(Cl)c1. The summed E-state index contributed by atoms with van der Waals surface area (Å²) in [5.74, 6) is -3.71. The molecule has 7 nitrogen and oxygen atoms in total. The Morgan fingerprint density at radius 2 is 1.27 bits per heavy atom. The Balaban J connectivity index is 1.18. The first-order chi connectivity index (χ1) is 19.9. The molecule has 3 amide bonds. The van der Waals surface area contributed by atoms with Gasteiger partial charge in [0.15, 0.2) is 6.61 Å². The number of carbonyl (C=O) groups is 4. The molecule has 3 aliphatic carbocycles. The van der Waals surface area contributed by atoms with Crippen LogP contribution in [-0.4, -0.2) is 30.3 Å². The van der Waals surface area contributed by atoms with Gasteiger partial charge < -0.3 is 10.1 Å². The van der Waals surface area contributed by atoms with Crippen LogP contribution < -0.4 is 10.2 Å². The Morgan fingerprint density at radius 3 is 1.83 bits per heavy atom. The van der Waals surface area contributed by atoms with E-state index in [-0.39, 0.29) is 34.9 Å². The maximum atomic E-state index is 14.1. The van der Waals surface area contributed by atoms with Crippen molar-refractivity contribution in [3.63, 3.8) is 0 Å². The molecule has 4 aliphatic rings. The molecule has 1 heterocycles. The molecule has 41 heavy (non-hydrogen) atoms. The number of nitrogens with one attached hydrogen (secondary N) is 1. The highest BCUT2D eigenvalue weighted by molar-refractivity contribution is 6.31. The minimum atomic E-state index is -0.813. The quantitative estimate of drug-likeness (QED) is 0.255. The van der Waals surface area contributed by atoms with Crippen LogP contribution >= 0.6 is 11.6 Å². The van der Waals surface area contributed by atoms with E-state index in [1.54, 1.807) is 42.5 Å². The number of hydrogen-bond acceptors (Lipinski definition) is 5. The van der Waals surface area contributed by atoms with Crippen LogP contribution in [0.1, 0.15) is 44.4 Å². The maximum Gasteiger partial charge on any atom is 0.340 e. The monoisotopic (exact) mass is 562 g/mol. The summed E-state index contributed by atoms with van der Waals surface area (Å²) < 4.78 is 5.30. The van der Waals surface area contributed by atoms with Crippen molar-refractivity contribution in [2.75, 3.05) is 16.8 Å². The van der Waals surface area contributed by atoms with Crippen molar-refractivity contribution >= 4 is 46.7 Å². The highest BCUT2D eigenvalue weighted by Crippen LogP contribution is 2.61. The first-order valence-corrected chi connectivity index (χ1v) is 13.7. The Hall–Kier alpha value is -4.75. The molecule has 8 rings (SSSR count). The van der Waals surface area contributed by atoms with Crippen LogP contribution in [0, 0.1) is 11.8 Å². The Morgan fingerprint density at radius 1 is 0.732 bits per heavy atom. The summed E-state index contributed by atoms with van der Waals surface area (Å²) in [6.45, 7) is -0.554. The van der Waals surface area contributed by atoms with Crippen molar-refractivity contribution in [2.24, 2.45) is 11.8 Å². The zero-order valence-corrected chi connectivity index (χ0v) is 22.4. The number of nitrogens with zero attached hydrogens (tertiary/aromatic N) is 1. The average Bonchev–Trinajstić information content (AvgIpc) is 3.26. The van der Waals surface area contributed by atoms with Crippen LogP contribution in [0.3, 0.4) is 0 Å². The van der Waals surface area contributed by atoms with E-state index in [2.05, 4.69) is 5.32 Å². The standard InChI is InChI=1S/C33H23ClN2O5/c34-18-8-7-9-19(16-18)35-26(37)17-41-33(40)24-14-5-6-15-25(24)36-31(38)29-27-20-10-1-2-11-21(20)28(30(29)32(36)39)23-13-4-3-12-22(23)27/h1-16,27-30H,17H2,(H,35,37)/t27?,28?,29-,30+. The lowest BCUT2D eigenvalue weighted by Gasteiger charge is -2.45. The molecule has 2 bridgehead atoms. The molecule has 4 aromatic rings. The van der Waals surface area contributed by atoms with E-state index >= 15 is 0 Å². The van der Waals surface area contributed by atoms with Gasteiger partial charge in [0, 0.05) is 22.5 Å². The molecule has 2 atom stereocenters. The van der Waals surface area contributed by atoms with E-state index in [9.17, 15) is 19.2 Å². The Kier molecular flexibility index (Phi) is 5.98. The summed E-state index contributed by atoms with van der Waals surface area (Å²) in [5.41, 5.74) is 4.93. The van der Waals surface area contributed by atoms with Crippen LogP contribution in [0.4, 0.5) is 11.4 Å². The van der Waals surface area contributed by atoms with Crippen LogP contribution in [-0.2, 0) is 19.1 Å². The molecule has 4 aromatic carbocycles. The molecule has 0 aromatic heterocycles. The van der Waals surface area contributed by atoms with Gasteiger partial charge in [-0.1, -0.05) is 78.3 Å². The second kappa shape index (κ2) is 9.71. The topological polar surface area (TPSA) is 92.8 Å². The smallest absolute Gasteiger partial charge is 0.340 e. The summed E-state index contributed by atoms with van der Waals surface area (Å²) in [6.07, 6.45) is 0.